The van der Waals surface area contributed by atoms with Gasteiger partial charge in [0, 0.05) is 31.3 Å². The van der Waals surface area contributed by atoms with Gasteiger partial charge in [-0.2, -0.15) is 0 Å². The molecule has 1 amide bonds. The number of hydrogen-bond donors (Lipinski definition) is 0. The van der Waals surface area contributed by atoms with Crippen LogP contribution in [0.15, 0.2) is 30.3 Å². The first-order valence-electron chi connectivity index (χ1n) is 9.44. The molecule has 132 valence electrons. The summed E-state index contributed by atoms with van der Waals surface area (Å²) < 4.78 is 0. The van der Waals surface area contributed by atoms with Crippen molar-refractivity contribution < 1.29 is 4.79 Å². The fourth-order valence-corrected chi connectivity index (χ4v) is 5.09. The second kappa shape index (κ2) is 7.65. The summed E-state index contributed by atoms with van der Waals surface area (Å²) in [4.78, 5) is 14.8. The van der Waals surface area contributed by atoms with Crippen LogP contribution in [0.25, 0.3) is 0 Å². The lowest BCUT2D eigenvalue weighted by atomic mass is 9.96. The molecule has 1 aromatic heterocycles. The zero-order valence-electron chi connectivity index (χ0n) is 14.6. The lowest BCUT2D eigenvalue weighted by molar-refractivity contribution is -0.136. The number of aromatic nitrogens is 2. The van der Waals surface area contributed by atoms with Crippen molar-refractivity contribution in [1.82, 2.24) is 15.1 Å². The molecular formula is C20H25N3OS. The molecule has 1 atom stereocenters. The minimum atomic E-state index is 0.279. The van der Waals surface area contributed by atoms with Crippen LogP contribution in [0.4, 0.5) is 0 Å². The molecule has 1 saturated carbocycles. The first-order valence-corrected chi connectivity index (χ1v) is 10.3. The summed E-state index contributed by atoms with van der Waals surface area (Å²) in [6, 6.07) is 10.4. The van der Waals surface area contributed by atoms with Crippen LogP contribution < -0.4 is 0 Å². The third kappa shape index (κ3) is 3.92. The van der Waals surface area contributed by atoms with Crippen LogP contribution in [0.5, 0.6) is 0 Å². The highest BCUT2D eigenvalue weighted by Gasteiger charge is 2.32. The van der Waals surface area contributed by atoms with Crippen LogP contribution in [0.3, 0.4) is 0 Å². The molecule has 0 bridgehead atoms. The van der Waals surface area contributed by atoms with Gasteiger partial charge >= 0.3 is 0 Å². The van der Waals surface area contributed by atoms with Crippen LogP contribution >= 0.6 is 11.3 Å². The van der Waals surface area contributed by atoms with Gasteiger partial charge in [-0.25, -0.2) is 0 Å². The first-order chi connectivity index (χ1) is 12.3. The summed E-state index contributed by atoms with van der Waals surface area (Å²) >= 11 is 1.72. The average molecular weight is 356 g/mol. The summed E-state index contributed by atoms with van der Waals surface area (Å²) in [6.45, 7) is 1.75. The zero-order valence-corrected chi connectivity index (χ0v) is 15.4. The van der Waals surface area contributed by atoms with Crippen LogP contribution in [-0.2, 0) is 11.2 Å². The normalized spacial score (nSPS) is 21.6. The average Bonchev–Trinajstić information content (AvgIpc) is 3.34. The van der Waals surface area contributed by atoms with Gasteiger partial charge in [0.05, 0.1) is 0 Å². The molecule has 2 aromatic rings. The second-order valence-corrected chi connectivity index (χ2v) is 8.39. The molecule has 0 N–H and O–H groups in total. The van der Waals surface area contributed by atoms with E-state index in [9.17, 15) is 4.79 Å². The fourth-order valence-electron chi connectivity index (χ4n) is 4.08. The number of piperidine rings is 1. The molecule has 1 aliphatic heterocycles. The van der Waals surface area contributed by atoms with E-state index in [1.165, 1.54) is 18.4 Å². The number of hydrogen-bond acceptors (Lipinski definition) is 4. The maximum Gasteiger partial charge on any atom is 0.225 e. The Morgan fingerprint density at radius 3 is 2.68 bits per heavy atom. The maximum atomic E-state index is 12.7. The van der Waals surface area contributed by atoms with E-state index in [1.54, 1.807) is 11.3 Å². The summed E-state index contributed by atoms with van der Waals surface area (Å²) in [5.41, 5.74) is 1.27. The van der Waals surface area contributed by atoms with Crippen molar-refractivity contribution in [3.05, 3.63) is 45.9 Å². The van der Waals surface area contributed by atoms with Crippen molar-refractivity contribution in [1.29, 1.82) is 0 Å². The van der Waals surface area contributed by atoms with Crippen molar-refractivity contribution in [2.45, 2.75) is 50.9 Å². The lowest BCUT2D eigenvalue weighted by Crippen LogP contribution is -2.41. The molecule has 1 saturated heterocycles. The van der Waals surface area contributed by atoms with Gasteiger partial charge in [0.2, 0.25) is 5.91 Å². The Morgan fingerprint density at radius 1 is 1.08 bits per heavy atom. The number of nitrogens with zero attached hydrogens (tertiary/aromatic N) is 3. The van der Waals surface area contributed by atoms with Crippen LogP contribution in [0.1, 0.15) is 60.0 Å². The maximum absolute atomic E-state index is 12.7. The predicted octanol–water partition coefficient (Wildman–Crippen LogP) is 4.03. The number of carbonyl (C=O) groups excluding carboxylic acids is 1. The zero-order chi connectivity index (χ0) is 17.1. The Labute approximate surface area is 153 Å². The van der Waals surface area contributed by atoms with Gasteiger partial charge in [-0.3, -0.25) is 4.79 Å². The third-order valence-electron chi connectivity index (χ3n) is 5.47. The molecule has 1 aliphatic carbocycles. The molecule has 4 rings (SSSR count). The number of carbonyl (C=O) groups is 1. The van der Waals surface area contributed by atoms with Crippen LogP contribution in [0, 0.1) is 5.92 Å². The predicted molar refractivity (Wildman–Crippen MR) is 99.7 cm³/mol. The van der Waals surface area contributed by atoms with Crippen molar-refractivity contribution in [2.75, 3.05) is 13.1 Å². The highest BCUT2D eigenvalue weighted by Crippen LogP contribution is 2.33. The standard InChI is InChI=1S/C20H25N3OS/c24-20(16-9-4-5-10-16)23-12-6-11-17(14-23)19-22-21-18(25-19)13-15-7-2-1-3-8-15/h1-3,7-8,16-17H,4-6,9-14H2/t17-/m0/s1. The molecule has 2 aliphatic rings. The van der Waals surface area contributed by atoms with Crippen molar-refractivity contribution in [3.63, 3.8) is 0 Å². The fraction of sp³-hybridized carbons (Fsp3) is 0.550. The van der Waals surface area contributed by atoms with Gasteiger partial charge in [-0.05, 0) is 31.2 Å². The Kier molecular flexibility index (Phi) is 5.11. The molecule has 0 spiro atoms. The quantitative estimate of drug-likeness (QED) is 0.832. The van der Waals surface area contributed by atoms with E-state index in [-0.39, 0.29) is 5.92 Å². The van der Waals surface area contributed by atoms with E-state index in [0.29, 0.717) is 11.8 Å². The first kappa shape index (κ1) is 16.7. The van der Waals surface area contributed by atoms with E-state index in [2.05, 4.69) is 39.4 Å². The molecule has 0 radical (unpaired) electrons. The minimum Gasteiger partial charge on any atom is -0.342 e. The molecule has 4 nitrogen and oxygen atoms in total. The SMILES string of the molecule is O=C(C1CCCC1)N1CCC[C@H](c2nnc(Cc3ccccc3)s2)C1. The van der Waals surface area contributed by atoms with E-state index in [4.69, 9.17) is 0 Å². The van der Waals surface area contributed by atoms with E-state index < -0.39 is 0 Å². The van der Waals surface area contributed by atoms with Gasteiger partial charge in [0.1, 0.15) is 10.0 Å². The number of amides is 1. The molecule has 25 heavy (non-hydrogen) atoms. The smallest absolute Gasteiger partial charge is 0.225 e. The number of rotatable bonds is 4. The van der Waals surface area contributed by atoms with Gasteiger partial charge in [0.15, 0.2) is 0 Å². The highest BCUT2D eigenvalue weighted by atomic mass is 32.1. The third-order valence-corrected chi connectivity index (χ3v) is 6.55. The van der Waals surface area contributed by atoms with Crippen molar-refractivity contribution in [2.24, 2.45) is 5.92 Å². The van der Waals surface area contributed by atoms with Gasteiger partial charge < -0.3 is 4.90 Å². The van der Waals surface area contributed by atoms with Crippen molar-refractivity contribution in [3.8, 4) is 0 Å². The molecule has 2 fully saturated rings. The van der Waals surface area contributed by atoms with E-state index in [0.717, 1.165) is 55.2 Å². The summed E-state index contributed by atoms with van der Waals surface area (Å²) in [6.07, 6.45) is 7.64. The van der Waals surface area contributed by atoms with Crippen LogP contribution in [-0.4, -0.2) is 34.1 Å². The summed E-state index contributed by atoms with van der Waals surface area (Å²) in [5, 5.41) is 11.0. The Morgan fingerprint density at radius 2 is 1.88 bits per heavy atom. The molecule has 0 unspecified atom stereocenters. The Balaban J connectivity index is 1.40. The second-order valence-electron chi connectivity index (χ2n) is 7.30. The number of likely N-dealkylation sites (tertiary alicyclic amines) is 1. The van der Waals surface area contributed by atoms with Gasteiger partial charge in [-0.15, -0.1) is 21.5 Å². The largest absolute Gasteiger partial charge is 0.342 e. The highest BCUT2D eigenvalue weighted by molar-refractivity contribution is 7.11. The molecule has 2 heterocycles. The van der Waals surface area contributed by atoms with Crippen LogP contribution in [0.2, 0.25) is 0 Å². The Bertz CT molecular complexity index is 709. The molecular weight excluding hydrogens is 330 g/mol. The van der Waals surface area contributed by atoms with E-state index >= 15 is 0 Å². The monoisotopic (exact) mass is 355 g/mol. The van der Waals surface area contributed by atoms with Gasteiger partial charge in [-0.1, -0.05) is 43.2 Å². The van der Waals surface area contributed by atoms with Gasteiger partial charge in [0.25, 0.3) is 0 Å². The summed E-state index contributed by atoms with van der Waals surface area (Å²) in [5.74, 6) is 1.03. The Hall–Kier alpha value is -1.75. The van der Waals surface area contributed by atoms with E-state index in [1.807, 2.05) is 6.07 Å². The summed E-state index contributed by atoms with van der Waals surface area (Å²) in [7, 11) is 0. The molecule has 5 heteroatoms. The van der Waals surface area contributed by atoms with Crippen molar-refractivity contribution >= 4 is 17.2 Å². The lowest BCUT2D eigenvalue weighted by Gasteiger charge is -2.33. The number of benzene rings is 1. The topological polar surface area (TPSA) is 46.1 Å². The molecule has 1 aromatic carbocycles. The minimum absolute atomic E-state index is 0.279.